The quantitative estimate of drug-likeness (QED) is 0.577. The Morgan fingerprint density at radius 2 is 1.70 bits per heavy atom. The summed E-state index contributed by atoms with van der Waals surface area (Å²) in [7, 11) is 3.38. The third-order valence-electron chi connectivity index (χ3n) is 5.71. The largest absolute Gasteiger partial charge is 0.493 e. The van der Waals surface area contributed by atoms with Crippen LogP contribution in [0.3, 0.4) is 0 Å². The number of nitrogens with zero attached hydrogens (tertiary/aromatic N) is 3. The molecule has 5 nitrogen and oxygen atoms in total. The second kappa shape index (κ2) is 9.26. The van der Waals surface area contributed by atoms with Crippen LogP contribution in [0, 0.1) is 0 Å². The van der Waals surface area contributed by atoms with E-state index in [1.54, 1.807) is 14.2 Å². The number of ether oxygens (including phenoxy) is 2. The summed E-state index contributed by atoms with van der Waals surface area (Å²) in [6, 6.07) is 15.1. The zero-order valence-corrected chi connectivity index (χ0v) is 18.0. The number of hydrogen-bond donors (Lipinski definition) is 0. The van der Waals surface area contributed by atoms with Crippen LogP contribution in [0.4, 0.5) is 0 Å². The molecule has 0 aliphatic carbocycles. The van der Waals surface area contributed by atoms with Crippen molar-refractivity contribution in [3.63, 3.8) is 0 Å². The van der Waals surface area contributed by atoms with Gasteiger partial charge in [0.1, 0.15) is 5.82 Å². The van der Waals surface area contributed by atoms with Crippen molar-refractivity contribution in [3.05, 3.63) is 82.9 Å². The van der Waals surface area contributed by atoms with Crippen molar-refractivity contribution in [3.8, 4) is 11.5 Å². The Labute approximate surface area is 178 Å². The zero-order valence-electron chi connectivity index (χ0n) is 18.0. The molecule has 30 heavy (non-hydrogen) atoms. The van der Waals surface area contributed by atoms with Gasteiger partial charge in [-0.15, -0.1) is 0 Å². The van der Waals surface area contributed by atoms with Crippen molar-refractivity contribution >= 4 is 0 Å². The van der Waals surface area contributed by atoms with E-state index in [9.17, 15) is 0 Å². The number of methoxy groups -OCH3 is 2. The molecule has 2 aromatic carbocycles. The number of aryl methyl sites for hydroxylation is 1. The molecule has 4 rings (SSSR count). The first-order chi connectivity index (χ1) is 14.7. The molecule has 0 radical (unpaired) electrons. The Kier molecular flexibility index (Phi) is 6.29. The summed E-state index contributed by atoms with van der Waals surface area (Å²) >= 11 is 0. The van der Waals surface area contributed by atoms with Crippen LogP contribution in [0.2, 0.25) is 0 Å². The van der Waals surface area contributed by atoms with E-state index in [1.807, 2.05) is 12.4 Å². The van der Waals surface area contributed by atoms with Crippen molar-refractivity contribution in [2.75, 3.05) is 20.8 Å². The van der Waals surface area contributed by atoms with E-state index in [2.05, 4.69) is 64.3 Å². The van der Waals surface area contributed by atoms with Crippen LogP contribution in [-0.4, -0.2) is 35.6 Å². The molecule has 0 bridgehead atoms. The first kappa shape index (κ1) is 20.4. The van der Waals surface area contributed by atoms with E-state index in [0.717, 1.165) is 55.2 Å². The highest BCUT2D eigenvalue weighted by Gasteiger charge is 2.30. The Morgan fingerprint density at radius 3 is 2.37 bits per heavy atom. The molecule has 1 unspecified atom stereocenters. The summed E-state index contributed by atoms with van der Waals surface area (Å²) < 4.78 is 11.2. The van der Waals surface area contributed by atoms with Gasteiger partial charge in [-0.25, -0.2) is 9.97 Å². The van der Waals surface area contributed by atoms with Crippen LogP contribution in [-0.2, 0) is 19.4 Å². The second-order valence-electron chi connectivity index (χ2n) is 7.70. The highest BCUT2D eigenvalue weighted by atomic mass is 16.5. The minimum Gasteiger partial charge on any atom is -0.493 e. The van der Waals surface area contributed by atoms with Crippen molar-refractivity contribution in [1.29, 1.82) is 0 Å². The van der Waals surface area contributed by atoms with Crippen LogP contribution < -0.4 is 9.47 Å². The maximum atomic E-state index is 5.61. The molecule has 1 atom stereocenters. The van der Waals surface area contributed by atoms with Gasteiger partial charge in [0.2, 0.25) is 0 Å². The predicted molar refractivity (Wildman–Crippen MR) is 118 cm³/mol. The second-order valence-corrected chi connectivity index (χ2v) is 7.70. The van der Waals surface area contributed by atoms with Crippen LogP contribution in [0.25, 0.3) is 0 Å². The first-order valence-corrected chi connectivity index (χ1v) is 10.6. The van der Waals surface area contributed by atoms with Crippen molar-refractivity contribution in [2.24, 2.45) is 0 Å². The number of hydrogen-bond acceptors (Lipinski definition) is 5. The lowest BCUT2D eigenvalue weighted by atomic mass is 9.87. The molecule has 1 aliphatic heterocycles. The van der Waals surface area contributed by atoms with E-state index < -0.39 is 0 Å². The standard InChI is InChI=1S/C25H29N3O2/c1-4-8-24-26-15-18(16-27-24)17-28-12-11-20-13-22(29-2)23(30-3)14-21(20)25(28)19-9-6-5-7-10-19/h5-7,9-10,13-16,25H,4,8,11-12,17H2,1-3H3. The molecule has 0 spiro atoms. The smallest absolute Gasteiger partial charge is 0.161 e. The van der Waals surface area contributed by atoms with E-state index in [4.69, 9.17) is 9.47 Å². The number of fused-ring (bicyclic) bond motifs is 1. The average Bonchev–Trinajstić information content (AvgIpc) is 2.80. The predicted octanol–water partition coefficient (Wildman–Crippen LogP) is 4.59. The van der Waals surface area contributed by atoms with E-state index >= 15 is 0 Å². The maximum absolute atomic E-state index is 5.61. The van der Waals surface area contributed by atoms with Crippen molar-refractivity contribution in [2.45, 2.75) is 38.8 Å². The number of rotatable bonds is 7. The molecule has 0 saturated heterocycles. The van der Waals surface area contributed by atoms with Crippen LogP contribution in [0.15, 0.2) is 54.9 Å². The summed E-state index contributed by atoms with van der Waals surface area (Å²) in [6.07, 6.45) is 6.90. The monoisotopic (exact) mass is 403 g/mol. The van der Waals surface area contributed by atoms with Crippen molar-refractivity contribution in [1.82, 2.24) is 14.9 Å². The summed E-state index contributed by atoms with van der Waals surface area (Å²) in [6.45, 7) is 3.91. The molecule has 5 heteroatoms. The van der Waals surface area contributed by atoms with Crippen molar-refractivity contribution < 1.29 is 9.47 Å². The van der Waals surface area contributed by atoms with Gasteiger partial charge in [-0.1, -0.05) is 37.3 Å². The Balaban J connectivity index is 1.70. The van der Waals surface area contributed by atoms with Crippen LogP contribution in [0.5, 0.6) is 11.5 Å². The van der Waals surface area contributed by atoms with Gasteiger partial charge in [0, 0.05) is 37.5 Å². The fraction of sp³-hybridized carbons (Fsp3) is 0.360. The van der Waals surface area contributed by atoms with E-state index in [0.29, 0.717) is 0 Å². The molecule has 0 amide bonds. The first-order valence-electron chi connectivity index (χ1n) is 10.6. The molecule has 1 aliphatic rings. The van der Waals surface area contributed by atoms with Crippen LogP contribution in [0.1, 0.15) is 47.5 Å². The van der Waals surface area contributed by atoms with Gasteiger partial charge in [-0.05, 0) is 41.7 Å². The lowest BCUT2D eigenvalue weighted by Crippen LogP contribution is -2.35. The molecular weight excluding hydrogens is 374 g/mol. The molecule has 1 aromatic heterocycles. The molecule has 0 saturated carbocycles. The minimum atomic E-state index is 0.144. The maximum Gasteiger partial charge on any atom is 0.161 e. The lowest BCUT2D eigenvalue weighted by molar-refractivity contribution is 0.203. The molecule has 156 valence electrons. The SMILES string of the molecule is CCCc1ncc(CN2CCc3cc(OC)c(OC)cc3C2c2ccccc2)cn1. The Morgan fingerprint density at radius 1 is 1.00 bits per heavy atom. The van der Waals surface area contributed by atoms with Gasteiger partial charge in [-0.3, -0.25) is 4.90 Å². The molecular formula is C25H29N3O2. The molecule has 2 heterocycles. The Hall–Kier alpha value is -2.92. The summed E-state index contributed by atoms with van der Waals surface area (Å²) in [5.74, 6) is 2.48. The number of aromatic nitrogens is 2. The zero-order chi connectivity index (χ0) is 20.9. The molecule has 3 aromatic rings. The normalized spacial score (nSPS) is 16.2. The highest BCUT2D eigenvalue weighted by molar-refractivity contribution is 5.51. The van der Waals surface area contributed by atoms with Gasteiger partial charge in [0.05, 0.1) is 20.3 Å². The topological polar surface area (TPSA) is 47.5 Å². The van der Waals surface area contributed by atoms with Gasteiger partial charge in [-0.2, -0.15) is 0 Å². The van der Waals surface area contributed by atoms with E-state index in [-0.39, 0.29) is 6.04 Å². The molecule has 0 N–H and O–H groups in total. The summed E-state index contributed by atoms with van der Waals surface area (Å²) in [4.78, 5) is 11.6. The molecule has 0 fully saturated rings. The summed E-state index contributed by atoms with van der Waals surface area (Å²) in [5.41, 5.74) is 5.00. The minimum absolute atomic E-state index is 0.144. The third-order valence-corrected chi connectivity index (χ3v) is 5.71. The summed E-state index contributed by atoms with van der Waals surface area (Å²) in [5, 5.41) is 0. The fourth-order valence-corrected chi connectivity index (χ4v) is 4.24. The average molecular weight is 404 g/mol. The van der Waals surface area contributed by atoms with Crippen LogP contribution >= 0.6 is 0 Å². The highest BCUT2D eigenvalue weighted by Crippen LogP contribution is 2.41. The number of benzene rings is 2. The van der Waals surface area contributed by atoms with Gasteiger partial charge >= 0.3 is 0 Å². The van der Waals surface area contributed by atoms with E-state index in [1.165, 1.54) is 16.7 Å². The van der Waals surface area contributed by atoms with Gasteiger partial charge < -0.3 is 9.47 Å². The van der Waals surface area contributed by atoms with Gasteiger partial charge in [0.15, 0.2) is 11.5 Å². The van der Waals surface area contributed by atoms with Gasteiger partial charge in [0.25, 0.3) is 0 Å². The lowest BCUT2D eigenvalue weighted by Gasteiger charge is -2.38. The third kappa shape index (κ3) is 4.17. The fourth-order valence-electron chi connectivity index (χ4n) is 4.24. The Bertz CT molecular complexity index is 974.